The third kappa shape index (κ3) is 2.74. The van der Waals surface area contributed by atoms with E-state index in [1.807, 2.05) is 24.3 Å². The quantitative estimate of drug-likeness (QED) is 0.863. The van der Waals surface area contributed by atoms with Crippen LogP contribution in [0.1, 0.15) is 12.0 Å². The number of benzene rings is 2. The van der Waals surface area contributed by atoms with E-state index in [1.165, 1.54) is 24.6 Å². The van der Waals surface area contributed by atoms with Crippen molar-refractivity contribution in [2.24, 2.45) is 0 Å². The largest absolute Gasteiger partial charge is 0.497 e. The fourth-order valence-corrected chi connectivity index (χ4v) is 4.54. The zero-order chi connectivity index (χ0) is 16.4. The van der Waals surface area contributed by atoms with E-state index in [1.54, 1.807) is 12.1 Å². The molecular formula is C17H19NO4S. The van der Waals surface area contributed by atoms with Gasteiger partial charge in [-0.25, -0.2) is 8.42 Å². The molecule has 2 aromatic carbocycles. The summed E-state index contributed by atoms with van der Waals surface area (Å²) in [5.41, 5.74) is 1.80. The van der Waals surface area contributed by atoms with Gasteiger partial charge in [0.2, 0.25) is 0 Å². The first-order chi connectivity index (χ1) is 11.1. The zero-order valence-electron chi connectivity index (χ0n) is 13.2. The van der Waals surface area contributed by atoms with E-state index in [4.69, 9.17) is 9.47 Å². The molecule has 0 atom stereocenters. The van der Waals surface area contributed by atoms with Gasteiger partial charge in [-0.3, -0.25) is 4.31 Å². The summed E-state index contributed by atoms with van der Waals surface area (Å²) >= 11 is 0. The first-order valence-corrected chi connectivity index (χ1v) is 8.84. The normalized spacial score (nSPS) is 14.3. The molecule has 0 spiro atoms. The van der Waals surface area contributed by atoms with E-state index in [0.717, 1.165) is 24.1 Å². The summed E-state index contributed by atoms with van der Waals surface area (Å²) in [4.78, 5) is 0.150. The predicted molar refractivity (Wildman–Crippen MR) is 88.8 cm³/mol. The molecule has 3 rings (SSSR count). The van der Waals surface area contributed by atoms with Crippen LogP contribution in [0.4, 0.5) is 5.69 Å². The lowest BCUT2D eigenvalue weighted by atomic mass is 10.0. The molecule has 0 N–H and O–H groups in total. The molecule has 0 saturated heterocycles. The molecular weight excluding hydrogens is 314 g/mol. The van der Waals surface area contributed by atoms with E-state index < -0.39 is 10.0 Å². The van der Waals surface area contributed by atoms with Crippen LogP contribution in [0, 0.1) is 0 Å². The minimum absolute atomic E-state index is 0.150. The lowest BCUT2D eigenvalue weighted by molar-refractivity contribution is 0.386. The monoisotopic (exact) mass is 333 g/mol. The summed E-state index contributed by atoms with van der Waals surface area (Å²) in [6, 6.07) is 12.4. The zero-order valence-corrected chi connectivity index (χ0v) is 14.0. The van der Waals surface area contributed by atoms with Gasteiger partial charge in [0.1, 0.15) is 16.4 Å². The Morgan fingerprint density at radius 3 is 2.57 bits per heavy atom. The Bertz CT molecular complexity index is 817. The molecule has 0 amide bonds. The number of methoxy groups -OCH3 is 2. The van der Waals surface area contributed by atoms with Crippen molar-refractivity contribution in [3.8, 4) is 11.5 Å². The Morgan fingerprint density at radius 1 is 1.04 bits per heavy atom. The van der Waals surface area contributed by atoms with E-state index >= 15 is 0 Å². The Morgan fingerprint density at radius 2 is 1.83 bits per heavy atom. The van der Waals surface area contributed by atoms with Crippen LogP contribution in [0.2, 0.25) is 0 Å². The van der Waals surface area contributed by atoms with Crippen LogP contribution in [0.25, 0.3) is 0 Å². The highest BCUT2D eigenvalue weighted by molar-refractivity contribution is 7.93. The molecule has 23 heavy (non-hydrogen) atoms. The van der Waals surface area contributed by atoms with Crippen molar-refractivity contribution in [3.05, 3.63) is 48.0 Å². The van der Waals surface area contributed by atoms with Crippen LogP contribution in [0.5, 0.6) is 11.5 Å². The molecule has 6 heteroatoms. The second-order valence-corrected chi connectivity index (χ2v) is 7.16. The smallest absolute Gasteiger partial charge is 0.268 e. The third-order valence-electron chi connectivity index (χ3n) is 4.01. The molecule has 0 radical (unpaired) electrons. The Hall–Kier alpha value is -2.21. The molecule has 1 aliphatic rings. The summed E-state index contributed by atoms with van der Waals surface area (Å²) in [6.07, 6.45) is 1.69. The first kappa shape index (κ1) is 15.7. The van der Waals surface area contributed by atoms with Crippen molar-refractivity contribution in [3.63, 3.8) is 0 Å². The van der Waals surface area contributed by atoms with Crippen LogP contribution in [0.15, 0.2) is 47.4 Å². The summed E-state index contributed by atoms with van der Waals surface area (Å²) < 4.78 is 38.1. The van der Waals surface area contributed by atoms with Gasteiger partial charge in [-0.05, 0) is 36.6 Å². The van der Waals surface area contributed by atoms with Crippen LogP contribution >= 0.6 is 0 Å². The fourth-order valence-electron chi connectivity index (χ4n) is 2.86. The van der Waals surface area contributed by atoms with Crippen molar-refractivity contribution in [2.75, 3.05) is 25.1 Å². The van der Waals surface area contributed by atoms with Gasteiger partial charge < -0.3 is 9.47 Å². The minimum Gasteiger partial charge on any atom is -0.497 e. The number of para-hydroxylation sites is 1. The molecule has 0 aromatic heterocycles. The highest BCUT2D eigenvalue weighted by Gasteiger charge is 2.31. The summed E-state index contributed by atoms with van der Waals surface area (Å²) in [5, 5.41) is 0. The summed E-state index contributed by atoms with van der Waals surface area (Å²) in [6.45, 7) is 0.467. The maximum atomic E-state index is 13.1. The molecule has 1 heterocycles. The lowest BCUT2D eigenvalue weighted by Gasteiger charge is -2.30. The van der Waals surface area contributed by atoms with Gasteiger partial charge in [-0.2, -0.15) is 0 Å². The van der Waals surface area contributed by atoms with Gasteiger partial charge in [-0.15, -0.1) is 0 Å². The molecule has 2 aromatic rings. The third-order valence-corrected chi connectivity index (χ3v) is 5.86. The average Bonchev–Trinajstić information content (AvgIpc) is 2.60. The topological polar surface area (TPSA) is 55.8 Å². The Labute approximate surface area is 136 Å². The molecule has 1 aliphatic heterocycles. The Kier molecular flexibility index (Phi) is 4.17. The maximum absolute atomic E-state index is 13.1. The number of rotatable bonds is 4. The number of hydrogen-bond acceptors (Lipinski definition) is 4. The first-order valence-electron chi connectivity index (χ1n) is 7.40. The highest BCUT2D eigenvalue weighted by atomic mass is 32.2. The highest BCUT2D eigenvalue weighted by Crippen LogP contribution is 2.36. The number of sulfonamides is 1. The van der Waals surface area contributed by atoms with Crippen molar-refractivity contribution in [1.29, 1.82) is 0 Å². The van der Waals surface area contributed by atoms with Gasteiger partial charge in [0.25, 0.3) is 10.0 Å². The van der Waals surface area contributed by atoms with Gasteiger partial charge >= 0.3 is 0 Å². The summed E-state index contributed by atoms with van der Waals surface area (Å²) in [5.74, 6) is 0.840. The van der Waals surface area contributed by atoms with Gasteiger partial charge in [0.05, 0.1) is 19.9 Å². The fraction of sp³-hybridized carbons (Fsp3) is 0.294. The summed E-state index contributed by atoms with van der Waals surface area (Å²) in [7, 11) is -0.703. The van der Waals surface area contributed by atoms with E-state index in [0.29, 0.717) is 12.3 Å². The molecule has 0 unspecified atom stereocenters. The maximum Gasteiger partial charge on any atom is 0.268 e. The van der Waals surface area contributed by atoms with Gasteiger partial charge in [0, 0.05) is 12.6 Å². The number of anilines is 1. The molecule has 0 saturated carbocycles. The SMILES string of the molecule is COc1ccc(S(=O)(=O)N2CCCc3ccccc32)c(OC)c1. The average molecular weight is 333 g/mol. The van der Waals surface area contributed by atoms with Crippen molar-refractivity contribution in [2.45, 2.75) is 17.7 Å². The predicted octanol–water partition coefficient (Wildman–Crippen LogP) is 2.85. The second-order valence-electron chi connectivity index (χ2n) is 5.33. The number of hydrogen-bond donors (Lipinski definition) is 0. The van der Waals surface area contributed by atoms with Crippen molar-refractivity contribution >= 4 is 15.7 Å². The van der Waals surface area contributed by atoms with Crippen LogP contribution in [-0.4, -0.2) is 29.2 Å². The second kappa shape index (κ2) is 6.12. The number of ether oxygens (including phenoxy) is 2. The standard InChI is InChI=1S/C17H19NO4S/c1-21-14-9-10-17(16(12-14)22-2)23(19,20)18-11-5-7-13-6-3-4-8-15(13)18/h3-4,6,8-10,12H,5,7,11H2,1-2H3. The van der Waals surface area contributed by atoms with Crippen molar-refractivity contribution in [1.82, 2.24) is 0 Å². The van der Waals surface area contributed by atoms with Crippen LogP contribution in [-0.2, 0) is 16.4 Å². The minimum atomic E-state index is -3.69. The molecule has 0 fully saturated rings. The van der Waals surface area contributed by atoms with Crippen LogP contribution < -0.4 is 13.8 Å². The lowest BCUT2D eigenvalue weighted by Crippen LogP contribution is -2.35. The van der Waals surface area contributed by atoms with Crippen LogP contribution in [0.3, 0.4) is 0 Å². The van der Waals surface area contributed by atoms with E-state index in [2.05, 4.69) is 0 Å². The molecule has 0 aliphatic carbocycles. The number of aryl methyl sites for hydroxylation is 1. The van der Waals surface area contributed by atoms with Gasteiger partial charge in [0.15, 0.2) is 0 Å². The van der Waals surface area contributed by atoms with Crippen molar-refractivity contribution < 1.29 is 17.9 Å². The number of nitrogens with zero attached hydrogens (tertiary/aromatic N) is 1. The number of fused-ring (bicyclic) bond motifs is 1. The van der Waals surface area contributed by atoms with E-state index in [-0.39, 0.29) is 10.6 Å². The molecule has 5 nitrogen and oxygen atoms in total. The molecule has 0 bridgehead atoms. The van der Waals surface area contributed by atoms with Gasteiger partial charge in [-0.1, -0.05) is 18.2 Å². The van der Waals surface area contributed by atoms with E-state index in [9.17, 15) is 8.42 Å². The molecule has 122 valence electrons. The Balaban J connectivity index is 2.10.